The van der Waals surface area contributed by atoms with Gasteiger partial charge in [0.15, 0.2) is 10.6 Å². The molecule has 108 valence electrons. The van der Waals surface area contributed by atoms with Crippen molar-refractivity contribution in [2.75, 3.05) is 6.61 Å². The highest BCUT2D eigenvalue weighted by molar-refractivity contribution is 6.56. The Hall–Kier alpha value is -0.923. The van der Waals surface area contributed by atoms with E-state index in [-0.39, 0.29) is 12.3 Å². The summed E-state index contributed by atoms with van der Waals surface area (Å²) in [6, 6.07) is 7.82. The van der Waals surface area contributed by atoms with Crippen LogP contribution in [-0.4, -0.2) is 40.4 Å². The molecule has 6 heteroatoms. The Bertz CT molecular complexity index is 408. The molecule has 0 aliphatic carbocycles. The number of aryl methyl sites for hydroxylation is 1. The smallest absolute Gasteiger partial charge is 0.465 e. The monoisotopic (exact) mass is 292 g/mol. The largest absolute Gasteiger partial charge is 0.492 e. The standard InChI is InChI=1S/C13H22O5Si/c1-3-17-11(2)18-13-8-6-12(7-9-13)5-4-10-19(14,15)16/h6-9,11,14-16H,3-5,10H2,1-2H3/i14T,15T,16T. The summed E-state index contributed by atoms with van der Waals surface area (Å²) in [4.78, 5) is 12.9. The fourth-order valence-electron chi connectivity index (χ4n) is 1.70. The average Bonchev–Trinajstić information content (AvgIpc) is 2.54. The molecule has 1 atom stereocenters. The molecule has 0 saturated heterocycles. The second-order valence-electron chi connectivity index (χ2n) is 4.32. The molecule has 0 bridgehead atoms. The first-order valence-corrected chi connectivity index (χ1v) is 8.32. The molecule has 0 aliphatic heterocycles. The number of benzene rings is 1. The Morgan fingerprint density at radius 3 is 2.53 bits per heavy atom. The topological polar surface area (TPSA) is 79.2 Å². The van der Waals surface area contributed by atoms with Gasteiger partial charge in [-0.3, -0.25) is 0 Å². The average molecular weight is 292 g/mol. The lowest BCUT2D eigenvalue weighted by Crippen LogP contribution is -2.34. The highest BCUT2D eigenvalue weighted by Crippen LogP contribution is 2.16. The third-order valence-electron chi connectivity index (χ3n) is 2.58. The Morgan fingerprint density at radius 1 is 1.26 bits per heavy atom. The van der Waals surface area contributed by atoms with Crippen molar-refractivity contribution in [2.24, 2.45) is 0 Å². The summed E-state index contributed by atoms with van der Waals surface area (Å²) in [5.74, 6) is 0.729. The molecule has 0 aromatic heterocycles. The molecule has 1 aromatic carbocycles. The van der Waals surface area contributed by atoms with Crippen molar-refractivity contribution >= 4 is 8.80 Å². The second-order valence-corrected chi connectivity index (χ2v) is 6.19. The SMILES string of the molecule is [3H]O[Si](CCCc1ccc(OC(C)OCC)cc1)(O[3H])O[3H]. The molecule has 5 nitrogen and oxygen atoms in total. The molecule has 0 saturated carbocycles. The minimum absolute atomic E-state index is 0.239. The maximum absolute atomic E-state index is 6.86. The molecular formula is C13H22O5Si. The van der Waals surface area contributed by atoms with E-state index >= 15 is 0 Å². The quantitative estimate of drug-likeness (QED) is 0.423. The van der Waals surface area contributed by atoms with Gasteiger partial charge in [0.2, 0.25) is 0 Å². The van der Waals surface area contributed by atoms with Crippen LogP contribution in [0.5, 0.6) is 5.75 Å². The van der Waals surface area contributed by atoms with Gasteiger partial charge in [-0.15, -0.1) is 0 Å². The highest BCUT2D eigenvalue weighted by Gasteiger charge is 2.25. The molecule has 0 spiro atoms. The van der Waals surface area contributed by atoms with Crippen LogP contribution in [0.3, 0.4) is 0 Å². The van der Waals surface area contributed by atoms with E-state index in [0.29, 0.717) is 19.4 Å². The van der Waals surface area contributed by atoms with Crippen molar-refractivity contribution in [3.8, 4) is 5.75 Å². The van der Waals surface area contributed by atoms with Gasteiger partial charge in [0.1, 0.15) is 5.75 Å². The van der Waals surface area contributed by atoms with Gasteiger partial charge in [0, 0.05) is 12.7 Å². The van der Waals surface area contributed by atoms with E-state index in [0.717, 1.165) is 11.3 Å². The summed E-state index contributed by atoms with van der Waals surface area (Å²) in [6.07, 6.45) is 1.00. The van der Waals surface area contributed by atoms with E-state index in [9.17, 15) is 0 Å². The molecule has 0 aliphatic rings. The summed E-state index contributed by atoms with van der Waals surface area (Å²) < 4.78 is 31.5. The number of hydrogen-bond acceptors (Lipinski definition) is 5. The molecule has 1 aromatic rings. The van der Waals surface area contributed by atoms with Crippen LogP contribution in [0.15, 0.2) is 24.3 Å². The molecule has 0 amide bonds. The summed E-state index contributed by atoms with van der Waals surface area (Å²) in [5.41, 5.74) is 1.07. The van der Waals surface area contributed by atoms with Crippen LogP contribution in [0, 0.1) is 0 Å². The summed E-state index contributed by atoms with van der Waals surface area (Å²) >= 11 is 0. The maximum Gasteiger partial charge on any atom is 0.492 e. The predicted octanol–water partition coefficient (Wildman–Crippen LogP) is 1.30. The van der Waals surface area contributed by atoms with Crippen molar-refractivity contribution in [2.45, 2.75) is 39.0 Å². The zero-order valence-electron chi connectivity index (χ0n) is 14.3. The molecular weight excluding hydrogens is 264 g/mol. The predicted molar refractivity (Wildman–Crippen MR) is 73.7 cm³/mol. The third kappa shape index (κ3) is 7.29. The molecule has 0 fully saturated rings. The lowest BCUT2D eigenvalue weighted by atomic mass is 10.1. The lowest BCUT2D eigenvalue weighted by Gasteiger charge is -2.14. The van der Waals surface area contributed by atoms with E-state index in [1.807, 2.05) is 38.1 Å². The van der Waals surface area contributed by atoms with Gasteiger partial charge in [0.05, 0.1) is 0 Å². The minimum atomic E-state index is -3.45. The van der Waals surface area contributed by atoms with Crippen molar-refractivity contribution in [3.63, 3.8) is 0 Å². The number of hydrogen-bond donors (Lipinski definition) is 3. The Labute approximate surface area is 119 Å². The molecule has 3 N–H and O–H groups in total. The first-order valence-electron chi connectivity index (χ1n) is 7.61. The van der Waals surface area contributed by atoms with Gasteiger partial charge >= 0.3 is 8.80 Å². The van der Waals surface area contributed by atoms with Crippen molar-refractivity contribution < 1.29 is 23.9 Å². The summed E-state index contributed by atoms with van der Waals surface area (Å²) in [7, 11) is -3.45. The minimum Gasteiger partial charge on any atom is -0.465 e. The third-order valence-corrected chi connectivity index (χ3v) is 3.54. The van der Waals surface area contributed by atoms with Crippen LogP contribution in [-0.2, 0) is 11.2 Å². The fraction of sp³-hybridized carbons (Fsp3) is 0.538. The first-order chi connectivity index (χ1) is 10.6. The number of ether oxygens (including phenoxy) is 2. The van der Waals surface area contributed by atoms with Crippen LogP contribution in [0.1, 0.15) is 25.8 Å². The maximum atomic E-state index is 6.86. The normalized spacial score (nSPS) is 15.4. The first kappa shape index (κ1) is 11.9. The van der Waals surface area contributed by atoms with E-state index in [4.69, 9.17) is 13.8 Å². The van der Waals surface area contributed by atoms with Crippen LogP contribution >= 0.6 is 0 Å². The van der Waals surface area contributed by atoms with Crippen LogP contribution < -0.4 is 4.74 Å². The van der Waals surface area contributed by atoms with Gasteiger partial charge in [-0.2, -0.15) is 0 Å². The van der Waals surface area contributed by atoms with Crippen molar-refractivity contribution in [1.29, 1.82) is 4.29 Å². The van der Waals surface area contributed by atoms with Crippen LogP contribution in [0.2, 0.25) is 6.04 Å². The van der Waals surface area contributed by atoms with Gasteiger partial charge in [-0.1, -0.05) is 12.1 Å². The Kier molecular flexibility index (Phi) is 4.76. The molecule has 0 heterocycles. The zero-order valence-corrected chi connectivity index (χ0v) is 12.3. The zero-order chi connectivity index (χ0) is 16.4. The summed E-state index contributed by atoms with van der Waals surface area (Å²) in [5, 5.41) is 0. The molecule has 1 unspecified atom stereocenters. The van der Waals surface area contributed by atoms with E-state index in [1.165, 1.54) is 0 Å². The molecule has 0 radical (unpaired) electrons. The van der Waals surface area contributed by atoms with Gasteiger partial charge in [0.25, 0.3) is 0 Å². The van der Waals surface area contributed by atoms with Gasteiger partial charge in [-0.05, 0) is 44.4 Å². The highest BCUT2D eigenvalue weighted by atomic mass is 28.4. The van der Waals surface area contributed by atoms with Crippen molar-refractivity contribution in [3.05, 3.63) is 29.8 Å². The van der Waals surface area contributed by atoms with Crippen LogP contribution in [0.4, 0.5) is 0 Å². The fourth-order valence-corrected chi connectivity index (χ4v) is 2.31. The summed E-state index contributed by atoms with van der Waals surface area (Å²) in [6.45, 7) is 4.34. The Morgan fingerprint density at radius 2 is 1.95 bits per heavy atom. The van der Waals surface area contributed by atoms with Crippen molar-refractivity contribution in [1.82, 2.24) is 0 Å². The van der Waals surface area contributed by atoms with E-state index < -0.39 is 8.80 Å². The molecule has 19 heavy (non-hydrogen) atoms. The Balaban J connectivity index is 2.44. The second kappa shape index (κ2) is 7.61. The van der Waals surface area contributed by atoms with Crippen LogP contribution in [0.25, 0.3) is 0 Å². The van der Waals surface area contributed by atoms with Gasteiger partial charge in [-0.25, -0.2) is 0 Å². The lowest BCUT2D eigenvalue weighted by molar-refractivity contribution is -0.0613. The van der Waals surface area contributed by atoms with E-state index in [1.54, 1.807) is 0 Å². The van der Waals surface area contributed by atoms with E-state index in [2.05, 4.69) is 14.4 Å². The number of rotatable bonds is 11. The van der Waals surface area contributed by atoms with Gasteiger partial charge < -0.3 is 23.9 Å². The molecule has 1 rings (SSSR count).